The Morgan fingerprint density at radius 1 is 1.19 bits per heavy atom. The maximum absolute atomic E-state index is 5.36. The highest BCUT2D eigenvalue weighted by Gasteiger charge is 2.18. The molecule has 1 heterocycles. The summed E-state index contributed by atoms with van der Waals surface area (Å²) in [5, 5.41) is 6.23. The zero-order valence-corrected chi connectivity index (χ0v) is 13.4. The summed E-state index contributed by atoms with van der Waals surface area (Å²) in [4.78, 5) is 12.7. The molecule has 0 saturated heterocycles. The van der Waals surface area contributed by atoms with Gasteiger partial charge in [-0.2, -0.15) is 15.0 Å². The van der Waals surface area contributed by atoms with Crippen LogP contribution in [-0.4, -0.2) is 35.2 Å². The van der Waals surface area contributed by atoms with Gasteiger partial charge in [-0.25, -0.2) is 0 Å². The van der Waals surface area contributed by atoms with Crippen LogP contribution >= 0.6 is 0 Å². The lowest BCUT2D eigenvalue weighted by Gasteiger charge is -2.26. The minimum absolute atomic E-state index is 0.366. The molecular formula is C15H27N5O. The van der Waals surface area contributed by atoms with Crippen molar-refractivity contribution in [2.45, 2.75) is 46.0 Å². The lowest BCUT2D eigenvalue weighted by atomic mass is 9.81. The highest BCUT2D eigenvalue weighted by Crippen LogP contribution is 2.30. The van der Waals surface area contributed by atoms with E-state index in [0.29, 0.717) is 24.5 Å². The minimum Gasteiger partial charge on any atom is -0.464 e. The van der Waals surface area contributed by atoms with Crippen molar-refractivity contribution in [2.75, 3.05) is 30.8 Å². The van der Waals surface area contributed by atoms with E-state index in [4.69, 9.17) is 4.74 Å². The van der Waals surface area contributed by atoms with Gasteiger partial charge in [0.25, 0.3) is 0 Å². The van der Waals surface area contributed by atoms with Crippen LogP contribution < -0.4 is 15.4 Å². The summed E-state index contributed by atoms with van der Waals surface area (Å²) in [6, 6.07) is 0.366. The normalized spacial score (nSPS) is 21.9. The van der Waals surface area contributed by atoms with E-state index in [1.54, 1.807) is 7.05 Å². The molecule has 1 aromatic heterocycles. The van der Waals surface area contributed by atoms with Crippen LogP contribution in [0.25, 0.3) is 0 Å². The molecule has 0 amide bonds. The van der Waals surface area contributed by atoms with Gasteiger partial charge < -0.3 is 15.4 Å². The van der Waals surface area contributed by atoms with E-state index in [1.807, 2.05) is 6.92 Å². The molecule has 0 aliphatic heterocycles. The van der Waals surface area contributed by atoms with E-state index >= 15 is 0 Å². The molecule has 0 aromatic carbocycles. The average molecular weight is 293 g/mol. The van der Waals surface area contributed by atoms with Crippen molar-refractivity contribution in [3.8, 4) is 6.01 Å². The summed E-state index contributed by atoms with van der Waals surface area (Å²) in [6.45, 7) is 5.72. The first-order valence-electron chi connectivity index (χ1n) is 8.01. The Morgan fingerprint density at radius 2 is 2.00 bits per heavy atom. The predicted octanol–water partition coefficient (Wildman–Crippen LogP) is 2.94. The summed E-state index contributed by atoms with van der Waals surface area (Å²) >= 11 is 0. The lowest BCUT2D eigenvalue weighted by molar-refractivity contribution is 0.274. The summed E-state index contributed by atoms with van der Waals surface area (Å²) in [7, 11) is 1.79. The Hall–Kier alpha value is -1.59. The molecular weight excluding hydrogens is 266 g/mol. The fourth-order valence-electron chi connectivity index (χ4n) is 2.95. The van der Waals surface area contributed by atoms with E-state index in [9.17, 15) is 0 Å². The standard InChI is InChI=1S/C15H27N5O/c1-4-21-15-19-13(16-3)18-14(20-15)17-9-8-12-7-5-6-11(2)10-12/h11-12H,4-10H2,1-3H3,(H2,16,17,18,19,20). The molecule has 2 N–H and O–H groups in total. The van der Waals surface area contributed by atoms with Crippen molar-refractivity contribution in [3.63, 3.8) is 0 Å². The number of nitrogens with one attached hydrogen (secondary N) is 2. The second kappa shape index (κ2) is 8.00. The maximum Gasteiger partial charge on any atom is 0.323 e. The van der Waals surface area contributed by atoms with Crippen LogP contribution in [0.5, 0.6) is 6.01 Å². The minimum atomic E-state index is 0.366. The number of hydrogen-bond donors (Lipinski definition) is 2. The van der Waals surface area contributed by atoms with Gasteiger partial charge >= 0.3 is 6.01 Å². The van der Waals surface area contributed by atoms with Crippen LogP contribution in [0.1, 0.15) is 46.0 Å². The van der Waals surface area contributed by atoms with Gasteiger partial charge in [-0.3, -0.25) is 0 Å². The molecule has 21 heavy (non-hydrogen) atoms. The Labute approximate surface area is 127 Å². The number of nitrogens with zero attached hydrogens (tertiary/aromatic N) is 3. The van der Waals surface area contributed by atoms with Crippen molar-refractivity contribution in [1.29, 1.82) is 0 Å². The van der Waals surface area contributed by atoms with Gasteiger partial charge in [-0.05, 0) is 31.6 Å². The van der Waals surface area contributed by atoms with Crippen LogP contribution in [0.2, 0.25) is 0 Å². The van der Waals surface area contributed by atoms with Gasteiger partial charge in [0.05, 0.1) is 6.61 Å². The number of rotatable bonds is 7. The molecule has 1 saturated carbocycles. The van der Waals surface area contributed by atoms with E-state index in [1.165, 1.54) is 32.1 Å². The third-order valence-electron chi connectivity index (χ3n) is 3.99. The average Bonchev–Trinajstić information content (AvgIpc) is 2.47. The fourth-order valence-corrected chi connectivity index (χ4v) is 2.95. The molecule has 0 radical (unpaired) electrons. The predicted molar refractivity (Wildman–Crippen MR) is 84.8 cm³/mol. The van der Waals surface area contributed by atoms with E-state index in [-0.39, 0.29) is 0 Å². The number of ether oxygens (including phenoxy) is 1. The molecule has 1 aliphatic carbocycles. The quantitative estimate of drug-likeness (QED) is 0.805. The van der Waals surface area contributed by atoms with Gasteiger partial charge in [0.15, 0.2) is 0 Å². The van der Waals surface area contributed by atoms with Crippen LogP contribution in [0, 0.1) is 11.8 Å². The highest BCUT2D eigenvalue weighted by atomic mass is 16.5. The summed E-state index contributed by atoms with van der Waals surface area (Å²) < 4.78 is 5.36. The van der Waals surface area contributed by atoms with Crippen molar-refractivity contribution >= 4 is 11.9 Å². The molecule has 1 fully saturated rings. The summed E-state index contributed by atoms with van der Waals surface area (Å²) in [5.41, 5.74) is 0. The van der Waals surface area contributed by atoms with Gasteiger partial charge in [-0.1, -0.05) is 26.2 Å². The van der Waals surface area contributed by atoms with Gasteiger partial charge in [0.1, 0.15) is 0 Å². The van der Waals surface area contributed by atoms with Gasteiger partial charge in [0, 0.05) is 13.6 Å². The molecule has 6 heteroatoms. The highest BCUT2D eigenvalue weighted by molar-refractivity contribution is 5.35. The van der Waals surface area contributed by atoms with Gasteiger partial charge in [-0.15, -0.1) is 0 Å². The smallest absolute Gasteiger partial charge is 0.323 e. The zero-order chi connectivity index (χ0) is 15.1. The third-order valence-corrected chi connectivity index (χ3v) is 3.99. The number of anilines is 2. The molecule has 2 atom stereocenters. The van der Waals surface area contributed by atoms with E-state index < -0.39 is 0 Å². The first-order chi connectivity index (χ1) is 10.2. The fraction of sp³-hybridized carbons (Fsp3) is 0.800. The Balaban J connectivity index is 1.85. The number of hydrogen-bond acceptors (Lipinski definition) is 6. The first-order valence-corrected chi connectivity index (χ1v) is 8.01. The van der Waals surface area contributed by atoms with Crippen LogP contribution in [0.4, 0.5) is 11.9 Å². The van der Waals surface area contributed by atoms with Gasteiger partial charge in [0.2, 0.25) is 11.9 Å². The third kappa shape index (κ3) is 5.02. The lowest BCUT2D eigenvalue weighted by Crippen LogP contribution is -2.17. The molecule has 2 unspecified atom stereocenters. The number of aromatic nitrogens is 3. The zero-order valence-electron chi connectivity index (χ0n) is 13.4. The second-order valence-electron chi connectivity index (χ2n) is 5.80. The molecule has 0 spiro atoms. The Kier molecular flexibility index (Phi) is 6.02. The van der Waals surface area contributed by atoms with Crippen LogP contribution in [0.3, 0.4) is 0 Å². The van der Waals surface area contributed by atoms with E-state index in [0.717, 1.165) is 18.4 Å². The van der Waals surface area contributed by atoms with Crippen molar-refractivity contribution < 1.29 is 4.74 Å². The van der Waals surface area contributed by atoms with Crippen molar-refractivity contribution in [2.24, 2.45) is 11.8 Å². The monoisotopic (exact) mass is 293 g/mol. The van der Waals surface area contributed by atoms with E-state index in [2.05, 4.69) is 32.5 Å². The molecule has 118 valence electrons. The van der Waals surface area contributed by atoms with Crippen LogP contribution in [-0.2, 0) is 0 Å². The molecule has 0 bridgehead atoms. The molecule has 1 aliphatic rings. The molecule has 1 aromatic rings. The summed E-state index contributed by atoms with van der Waals surface area (Å²) in [5.74, 6) is 2.82. The van der Waals surface area contributed by atoms with Crippen molar-refractivity contribution in [3.05, 3.63) is 0 Å². The first kappa shape index (κ1) is 15.8. The SMILES string of the molecule is CCOc1nc(NC)nc(NCCC2CCCC(C)C2)n1. The second-order valence-corrected chi connectivity index (χ2v) is 5.80. The maximum atomic E-state index is 5.36. The molecule has 6 nitrogen and oxygen atoms in total. The Morgan fingerprint density at radius 3 is 2.71 bits per heavy atom. The molecule has 2 rings (SSSR count). The topological polar surface area (TPSA) is 72.0 Å². The Bertz CT molecular complexity index is 440. The largest absolute Gasteiger partial charge is 0.464 e. The van der Waals surface area contributed by atoms with Crippen molar-refractivity contribution in [1.82, 2.24) is 15.0 Å². The summed E-state index contributed by atoms with van der Waals surface area (Å²) in [6.07, 6.45) is 6.64. The van der Waals surface area contributed by atoms with Crippen LogP contribution in [0.15, 0.2) is 0 Å².